The molecule has 0 aliphatic carbocycles. The van der Waals surface area contributed by atoms with Crippen LogP contribution < -0.4 is 0 Å². The van der Waals surface area contributed by atoms with Crippen molar-refractivity contribution in [1.29, 1.82) is 0 Å². The van der Waals surface area contributed by atoms with Crippen molar-refractivity contribution >= 4 is 21.9 Å². The number of aromatic nitrogens is 1. The van der Waals surface area contributed by atoms with Gasteiger partial charge in [0.15, 0.2) is 0 Å². The molecule has 0 amide bonds. The van der Waals surface area contributed by atoms with Crippen LogP contribution in [-0.2, 0) is 20.1 Å². The van der Waals surface area contributed by atoms with Crippen LogP contribution >= 0.6 is 0 Å². The molecule has 0 saturated carbocycles. The SMILES string of the molecule is [Ir+3].[c-]1ccc2c(oc3ccccc32)c1-c1ccccn1.[c-]1ccccc1-c1[c-]cccc1. The zero-order valence-corrected chi connectivity index (χ0v) is 19.5. The van der Waals surface area contributed by atoms with Gasteiger partial charge in [-0.15, -0.1) is 30.3 Å². The van der Waals surface area contributed by atoms with E-state index >= 15 is 0 Å². The summed E-state index contributed by atoms with van der Waals surface area (Å²) in [6, 6.07) is 43.2. The van der Waals surface area contributed by atoms with E-state index in [0.29, 0.717) is 0 Å². The predicted molar refractivity (Wildman–Crippen MR) is 125 cm³/mol. The Kier molecular flexibility index (Phi) is 6.91. The maximum absolute atomic E-state index is 5.97. The molecule has 0 bridgehead atoms. The number of hydrogen-bond acceptors (Lipinski definition) is 2. The van der Waals surface area contributed by atoms with Crippen LogP contribution in [0.3, 0.4) is 0 Å². The molecular weight excluding hydrogens is 571 g/mol. The standard InChI is InChI=1S/C17H10NO.C12H8.Ir/c1-2-10-16-12(6-1)13-7-5-8-14(17(13)19-16)15-9-3-4-11-18-15;1-3-7-11(8-4-1)12-9-5-2-6-10-12;/h1-7,9-11H;1-7,9H;/q-1;-2;+3. The minimum atomic E-state index is 0. The first kappa shape index (κ1) is 21.7. The van der Waals surface area contributed by atoms with E-state index in [-0.39, 0.29) is 20.1 Å². The number of para-hydroxylation sites is 1. The number of fused-ring (bicyclic) bond motifs is 3. The van der Waals surface area contributed by atoms with Crippen LogP contribution in [0.15, 0.2) is 114 Å². The molecule has 0 spiro atoms. The van der Waals surface area contributed by atoms with Crippen molar-refractivity contribution in [2.45, 2.75) is 0 Å². The van der Waals surface area contributed by atoms with Gasteiger partial charge in [0.25, 0.3) is 0 Å². The Morgan fingerprint density at radius 3 is 1.94 bits per heavy atom. The summed E-state index contributed by atoms with van der Waals surface area (Å²) in [6.45, 7) is 0. The summed E-state index contributed by atoms with van der Waals surface area (Å²) >= 11 is 0. The third kappa shape index (κ3) is 4.55. The van der Waals surface area contributed by atoms with Crippen molar-refractivity contribution in [3.8, 4) is 22.4 Å². The molecule has 3 heteroatoms. The fraction of sp³-hybridized carbons (Fsp3) is 0. The largest absolute Gasteiger partial charge is 3.00 e. The molecule has 0 atom stereocenters. The summed E-state index contributed by atoms with van der Waals surface area (Å²) in [5, 5.41) is 2.23. The monoisotopic (exact) mass is 589 g/mol. The Bertz CT molecular complexity index is 1370. The van der Waals surface area contributed by atoms with Crippen molar-refractivity contribution in [3.05, 3.63) is 128 Å². The third-order valence-electron chi connectivity index (χ3n) is 4.97. The Morgan fingerprint density at radius 1 is 0.594 bits per heavy atom. The Morgan fingerprint density at radius 2 is 1.28 bits per heavy atom. The van der Waals surface area contributed by atoms with Crippen LogP contribution in [-0.4, -0.2) is 4.98 Å². The third-order valence-corrected chi connectivity index (χ3v) is 4.97. The maximum Gasteiger partial charge on any atom is 3.00 e. The first-order valence-corrected chi connectivity index (χ1v) is 10.1. The van der Waals surface area contributed by atoms with Gasteiger partial charge in [-0.1, -0.05) is 41.3 Å². The van der Waals surface area contributed by atoms with E-state index in [1.807, 2.05) is 97.1 Å². The van der Waals surface area contributed by atoms with E-state index in [0.717, 1.165) is 44.3 Å². The van der Waals surface area contributed by atoms with Crippen LogP contribution in [0, 0.1) is 18.2 Å². The van der Waals surface area contributed by atoms with E-state index in [4.69, 9.17) is 4.42 Å². The van der Waals surface area contributed by atoms with Gasteiger partial charge >= 0.3 is 20.1 Å². The van der Waals surface area contributed by atoms with Gasteiger partial charge in [0, 0.05) is 11.6 Å². The molecule has 6 rings (SSSR count). The summed E-state index contributed by atoms with van der Waals surface area (Å²) in [5.74, 6) is 0. The summed E-state index contributed by atoms with van der Waals surface area (Å²) in [5.41, 5.74) is 5.73. The molecule has 0 aliphatic heterocycles. The predicted octanol–water partition coefficient (Wildman–Crippen LogP) is 7.40. The van der Waals surface area contributed by atoms with Crippen molar-refractivity contribution in [2.24, 2.45) is 0 Å². The second-order valence-electron chi connectivity index (χ2n) is 6.96. The normalized spacial score (nSPS) is 10.2. The fourth-order valence-corrected chi connectivity index (χ4v) is 3.51. The summed E-state index contributed by atoms with van der Waals surface area (Å²) in [7, 11) is 0. The molecule has 0 aliphatic rings. The zero-order valence-electron chi connectivity index (χ0n) is 17.1. The summed E-state index contributed by atoms with van der Waals surface area (Å²) < 4.78 is 5.97. The zero-order chi connectivity index (χ0) is 20.9. The van der Waals surface area contributed by atoms with Gasteiger partial charge in [0.2, 0.25) is 0 Å². The summed E-state index contributed by atoms with van der Waals surface area (Å²) in [4.78, 5) is 4.38. The molecule has 32 heavy (non-hydrogen) atoms. The average molecular weight is 589 g/mol. The second-order valence-corrected chi connectivity index (χ2v) is 6.96. The number of furan rings is 1. The molecule has 2 heterocycles. The van der Waals surface area contributed by atoms with Crippen LogP contribution in [0.5, 0.6) is 0 Å². The molecule has 0 unspecified atom stereocenters. The Hall–Kier alpha value is -3.52. The Labute approximate surface area is 200 Å². The smallest absolute Gasteiger partial charge is 0.501 e. The van der Waals surface area contributed by atoms with Gasteiger partial charge in [0.1, 0.15) is 5.58 Å². The fourth-order valence-electron chi connectivity index (χ4n) is 3.51. The van der Waals surface area contributed by atoms with Crippen LogP contribution in [0.2, 0.25) is 0 Å². The average Bonchev–Trinajstić information content (AvgIpc) is 3.25. The number of pyridine rings is 1. The minimum Gasteiger partial charge on any atom is -0.501 e. The molecule has 4 aromatic carbocycles. The van der Waals surface area contributed by atoms with Crippen LogP contribution in [0.25, 0.3) is 44.3 Å². The van der Waals surface area contributed by atoms with Gasteiger partial charge in [0.05, 0.1) is 5.58 Å². The number of rotatable bonds is 2. The molecule has 0 N–H and O–H groups in total. The quantitative estimate of drug-likeness (QED) is 0.197. The number of hydrogen-bond donors (Lipinski definition) is 0. The van der Waals surface area contributed by atoms with Crippen LogP contribution in [0.4, 0.5) is 0 Å². The first-order chi connectivity index (χ1) is 15.4. The van der Waals surface area contributed by atoms with E-state index in [1.165, 1.54) is 0 Å². The number of benzene rings is 4. The molecule has 2 nitrogen and oxygen atoms in total. The van der Waals surface area contributed by atoms with Gasteiger partial charge in [-0.05, 0) is 17.8 Å². The van der Waals surface area contributed by atoms with Gasteiger partial charge < -0.3 is 9.40 Å². The molecule has 0 saturated heterocycles. The molecule has 2 aromatic heterocycles. The molecular formula is C29H18IrNO. The molecule has 6 aromatic rings. The van der Waals surface area contributed by atoms with Gasteiger partial charge in [-0.3, -0.25) is 0 Å². The maximum atomic E-state index is 5.97. The van der Waals surface area contributed by atoms with Crippen molar-refractivity contribution in [3.63, 3.8) is 0 Å². The van der Waals surface area contributed by atoms with Crippen LogP contribution in [0.1, 0.15) is 0 Å². The minimum absolute atomic E-state index is 0. The topological polar surface area (TPSA) is 26.0 Å². The molecule has 0 fully saturated rings. The van der Waals surface area contributed by atoms with Crippen molar-refractivity contribution in [1.82, 2.24) is 4.98 Å². The number of nitrogens with zero attached hydrogens (tertiary/aromatic N) is 1. The first-order valence-electron chi connectivity index (χ1n) is 10.1. The van der Waals surface area contributed by atoms with E-state index in [2.05, 4.69) is 29.2 Å². The molecule has 154 valence electrons. The van der Waals surface area contributed by atoms with E-state index in [9.17, 15) is 0 Å². The van der Waals surface area contributed by atoms with E-state index in [1.54, 1.807) is 6.20 Å². The molecule has 0 radical (unpaired) electrons. The Balaban J connectivity index is 0.000000164. The second kappa shape index (κ2) is 10.2. The van der Waals surface area contributed by atoms with Gasteiger partial charge in [-0.2, -0.15) is 48.5 Å². The van der Waals surface area contributed by atoms with Crippen molar-refractivity contribution < 1.29 is 24.5 Å². The summed E-state index contributed by atoms with van der Waals surface area (Å²) in [6.07, 6.45) is 1.78. The van der Waals surface area contributed by atoms with E-state index < -0.39 is 0 Å². The van der Waals surface area contributed by atoms with Crippen molar-refractivity contribution in [2.75, 3.05) is 0 Å². The van der Waals surface area contributed by atoms with Gasteiger partial charge in [-0.25, -0.2) is 11.1 Å².